The van der Waals surface area contributed by atoms with Crippen molar-refractivity contribution in [1.29, 1.82) is 0 Å². The van der Waals surface area contributed by atoms with Gasteiger partial charge in [0.2, 0.25) is 0 Å². The van der Waals surface area contributed by atoms with Gasteiger partial charge in [-0.25, -0.2) is 9.78 Å². The van der Waals surface area contributed by atoms with Gasteiger partial charge in [-0.05, 0) is 44.0 Å². The van der Waals surface area contributed by atoms with Crippen molar-refractivity contribution in [2.75, 3.05) is 7.11 Å². The number of pyridine rings is 1. The molecule has 2 heterocycles. The molecule has 1 fully saturated rings. The Balaban J connectivity index is 2.12. The maximum atomic E-state index is 12.1. The number of imidazole rings is 1. The molecule has 0 radical (unpaired) electrons. The van der Waals surface area contributed by atoms with E-state index in [-0.39, 0.29) is 16.6 Å². The largest absolute Gasteiger partial charge is 0.465 e. The van der Waals surface area contributed by atoms with Crippen molar-refractivity contribution >= 4 is 19.9 Å². The van der Waals surface area contributed by atoms with Gasteiger partial charge in [-0.15, -0.1) is 0 Å². The van der Waals surface area contributed by atoms with Gasteiger partial charge in [0.25, 0.3) is 0 Å². The Morgan fingerprint density at radius 2 is 1.92 bits per heavy atom. The second-order valence-corrected chi connectivity index (χ2v) is 13.3. The fourth-order valence-electron chi connectivity index (χ4n) is 2.97. The molecule has 0 bridgehead atoms. The van der Waals surface area contributed by atoms with Crippen LogP contribution in [0.25, 0.3) is 5.65 Å². The maximum Gasteiger partial charge on any atom is 0.339 e. The van der Waals surface area contributed by atoms with Crippen molar-refractivity contribution in [2.45, 2.75) is 64.3 Å². The van der Waals surface area contributed by atoms with E-state index in [4.69, 9.17) is 9.16 Å². The molecule has 5 nitrogen and oxygen atoms in total. The van der Waals surface area contributed by atoms with E-state index in [1.54, 1.807) is 6.20 Å². The Hall–Kier alpha value is -1.66. The monoisotopic (exact) mass is 360 g/mol. The highest BCUT2D eigenvalue weighted by Gasteiger charge is 2.53. The summed E-state index contributed by atoms with van der Waals surface area (Å²) in [5.74, 6) is -0.336. The second-order valence-electron chi connectivity index (χ2n) is 8.60. The number of aromatic nitrogens is 2. The predicted octanol–water partition coefficient (Wildman–Crippen LogP) is 4.44. The van der Waals surface area contributed by atoms with Crippen molar-refractivity contribution in [3.63, 3.8) is 0 Å². The Morgan fingerprint density at radius 3 is 2.44 bits per heavy atom. The molecule has 1 aliphatic carbocycles. The van der Waals surface area contributed by atoms with Crippen molar-refractivity contribution in [2.24, 2.45) is 0 Å². The molecule has 0 aliphatic heterocycles. The van der Waals surface area contributed by atoms with Gasteiger partial charge >= 0.3 is 5.97 Å². The molecule has 0 N–H and O–H groups in total. The fraction of sp³-hybridized carbons (Fsp3) is 0.579. The molecule has 2 aromatic rings. The zero-order valence-corrected chi connectivity index (χ0v) is 17.3. The van der Waals surface area contributed by atoms with Crippen molar-refractivity contribution in [3.8, 4) is 0 Å². The van der Waals surface area contributed by atoms with Crippen LogP contribution in [-0.2, 0) is 14.8 Å². The average Bonchev–Trinajstić information content (AvgIpc) is 3.16. The SMILES string of the molecule is COC(=O)c1cc(C2(O[Si](C)(C)C(C)(C)C)CC2)c2nc(C)cn2c1. The number of methoxy groups -OCH3 is 1. The number of carbonyl (C=O) groups is 1. The Bertz CT molecular complexity index is 829. The van der Waals surface area contributed by atoms with Crippen LogP contribution in [-0.4, -0.2) is 30.8 Å². The van der Waals surface area contributed by atoms with Gasteiger partial charge in [-0.2, -0.15) is 0 Å². The van der Waals surface area contributed by atoms with E-state index in [0.29, 0.717) is 5.56 Å². The molecule has 3 rings (SSSR count). The van der Waals surface area contributed by atoms with E-state index < -0.39 is 8.32 Å². The van der Waals surface area contributed by atoms with Gasteiger partial charge in [-0.1, -0.05) is 20.8 Å². The highest BCUT2D eigenvalue weighted by atomic mass is 28.4. The Labute approximate surface area is 150 Å². The van der Waals surface area contributed by atoms with Crippen molar-refractivity contribution in [1.82, 2.24) is 9.38 Å². The predicted molar refractivity (Wildman–Crippen MR) is 100 cm³/mol. The zero-order valence-electron chi connectivity index (χ0n) is 16.3. The van der Waals surface area contributed by atoms with Gasteiger partial charge in [0, 0.05) is 18.0 Å². The summed E-state index contributed by atoms with van der Waals surface area (Å²) in [4.78, 5) is 16.8. The van der Waals surface area contributed by atoms with E-state index in [9.17, 15) is 4.79 Å². The molecule has 0 saturated heterocycles. The summed E-state index contributed by atoms with van der Waals surface area (Å²) in [7, 11) is -0.540. The van der Waals surface area contributed by atoms with Gasteiger partial charge in [-0.3, -0.25) is 0 Å². The van der Waals surface area contributed by atoms with E-state index in [0.717, 1.165) is 29.7 Å². The topological polar surface area (TPSA) is 52.8 Å². The second kappa shape index (κ2) is 5.67. The third-order valence-electron chi connectivity index (χ3n) is 5.54. The number of nitrogens with zero attached hydrogens (tertiary/aromatic N) is 2. The van der Waals surface area contributed by atoms with E-state index in [1.807, 2.05) is 23.6 Å². The minimum Gasteiger partial charge on any atom is -0.465 e. The number of esters is 1. The summed E-state index contributed by atoms with van der Waals surface area (Å²) in [5.41, 5.74) is 3.01. The van der Waals surface area contributed by atoms with Crippen LogP contribution < -0.4 is 0 Å². The summed E-state index contributed by atoms with van der Waals surface area (Å²) in [5, 5.41) is 0.129. The first-order valence-corrected chi connectivity index (χ1v) is 11.7. The van der Waals surface area contributed by atoms with Crippen LogP contribution in [0.15, 0.2) is 18.5 Å². The first-order valence-electron chi connectivity index (χ1n) is 8.77. The zero-order chi connectivity index (χ0) is 18.6. The Morgan fingerprint density at radius 1 is 1.28 bits per heavy atom. The van der Waals surface area contributed by atoms with Crippen LogP contribution in [0.3, 0.4) is 0 Å². The van der Waals surface area contributed by atoms with Crippen LogP contribution in [0, 0.1) is 6.92 Å². The van der Waals surface area contributed by atoms with Gasteiger partial charge in [0.15, 0.2) is 8.32 Å². The van der Waals surface area contributed by atoms with E-state index >= 15 is 0 Å². The third kappa shape index (κ3) is 3.13. The lowest BCUT2D eigenvalue weighted by molar-refractivity contribution is 0.0599. The highest BCUT2D eigenvalue weighted by molar-refractivity contribution is 6.74. The molecule has 0 unspecified atom stereocenters. The standard InChI is InChI=1S/C19H28N2O3Si/c1-13-11-21-12-14(17(22)23-5)10-15(16(21)20-13)19(8-9-19)24-25(6,7)18(2,3)4/h10-12H,8-9H2,1-7H3. The third-order valence-corrected chi connectivity index (χ3v) is 10.1. The maximum absolute atomic E-state index is 12.1. The Kier molecular flexibility index (Phi) is 4.12. The molecule has 6 heteroatoms. The lowest BCUT2D eigenvalue weighted by Gasteiger charge is -2.39. The van der Waals surface area contributed by atoms with Crippen LogP contribution in [0.5, 0.6) is 0 Å². The average molecular weight is 361 g/mol. The van der Waals surface area contributed by atoms with Gasteiger partial charge < -0.3 is 13.6 Å². The van der Waals surface area contributed by atoms with Gasteiger partial charge in [0.05, 0.1) is 24.0 Å². The summed E-state index contributed by atoms with van der Waals surface area (Å²) in [6, 6.07) is 1.91. The summed E-state index contributed by atoms with van der Waals surface area (Å²) >= 11 is 0. The molecular formula is C19H28N2O3Si. The molecular weight excluding hydrogens is 332 g/mol. The van der Waals surface area contributed by atoms with Crippen LogP contribution in [0.1, 0.15) is 55.2 Å². The fourth-order valence-corrected chi connectivity index (χ4v) is 4.56. The van der Waals surface area contributed by atoms with E-state index in [1.165, 1.54) is 7.11 Å². The van der Waals surface area contributed by atoms with Gasteiger partial charge in [0.1, 0.15) is 5.65 Å². The number of hydrogen-bond donors (Lipinski definition) is 0. The molecule has 25 heavy (non-hydrogen) atoms. The minimum absolute atomic E-state index is 0.129. The number of hydrogen-bond acceptors (Lipinski definition) is 4. The van der Waals surface area contributed by atoms with E-state index in [2.05, 4.69) is 38.8 Å². The number of fused-ring (bicyclic) bond motifs is 1. The first kappa shape index (κ1) is 18.1. The minimum atomic E-state index is -1.95. The van der Waals surface area contributed by atoms with Crippen LogP contribution in [0.2, 0.25) is 18.1 Å². The molecule has 2 aromatic heterocycles. The van der Waals surface area contributed by atoms with Crippen molar-refractivity contribution < 1.29 is 14.0 Å². The lowest BCUT2D eigenvalue weighted by Crippen LogP contribution is -2.44. The number of rotatable bonds is 4. The molecule has 0 spiro atoms. The highest BCUT2D eigenvalue weighted by Crippen LogP contribution is 2.55. The number of aryl methyl sites for hydroxylation is 1. The lowest BCUT2D eigenvalue weighted by atomic mass is 10.1. The number of carbonyl (C=O) groups excluding carboxylic acids is 1. The molecule has 136 valence electrons. The van der Waals surface area contributed by atoms with Crippen molar-refractivity contribution in [3.05, 3.63) is 35.3 Å². The molecule has 0 aromatic carbocycles. The summed E-state index contributed by atoms with van der Waals surface area (Å²) in [6.07, 6.45) is 5.65. The summed E-state index contributed by atoms with van der Waals surface area (Å²) in [6.45, 7) is 13.2. The normalized spacial score (nSPS) is 16.9. The number of ether oxygens (including phenoxy) is 1. The molecule has 0 atom stereocenters. The summed E-state index contributed by atoms with van der Waals surface area (Å²) < 4.78 is 13.7. The molecule has 1 saturated carbocycles. The van der Waals surface area contributed by atoms with Crippen LogP contribution >= 0.6 is 0 Å². The molecule has 1 aliphatic rings. The quantitative estimate of drug-likeness (QED) is 0.597. The molecule has 0 amide bonds. The smallest absolute Gasteiger partial charge is 0.339 e. The first-order chi connectivity index (χ1) is 11.5. The van der Waals surface area contributed by atoms with Crippen LogP contribution in [0.4, 0.5) is 0 Å².